The Morgan fingerprint density at radius 1 is 1.31 bits per heavy atom. The minimum Gasteiger partial charge on any atom is -0.481 e. The van der Waals surface area contributed by atoms with Gasteiger partial charge in [0, 0.05) is 12.5 Å². The minimum atomic E-state index is -3.77. The van der Waals surface area contributed by atoms with Crippen LogP contribution in [0.15, 0.2) is 12.1 Å². The molecule has 1 heterocycles. The average molecular weight is 383 g/mol. The predicted molar refractivity (Wildman–Crippen MR) is 90.2 cm³/mol. The summed E-state index contributed by atoms with van der Waals surface area (Å²) in [6, 6.07) is 3.26. The summed E-state index contributed by atoms with van der Waals surface area (Å²) in [5, 5.41) is 0. The lowest BCUT2D eigenvalue weighted by atomic mass is 9.56. The SMILES string of the molecule is COC(=O)[C@@]12CC(C)C(OS(C)(=O)=O)[C@@H](Cc3nc(OC)ccc31)C2=O. The number of nitrogens with zero attached hydrogens (tertiary/aromatic N) is 1. The Morgan fingerprint density at radius 3 is 2.58 bits per heavy atom. The van der Waals surface area contributed by atoms with Crippen LogP contribution in [0.2, 0.25) is 0 Å². The van der Waals surface area contributed by atoms with Crippen LogP contribution in [0.5, 0.6) is 5.88 Å². The number of hydrogen-bond donors (Lipinski definition) is 0. The first-order valence-corrected chi connectivity index (χ1v) is 10.0. The van der Waals surface area contributed by atoms with Crippen LogP contribution in [0.3, 0.4) is 0 Å². The molecule has 3 rings (SSSR count). The Morgan fingerprint density at radius 2 is 2.00 bits per heavy atom. The molecule has 0 radical (unpaired) electrons. The van der Waals surface area contributed by atoms with Crippen molar-refractivity contribution >= 4 is 21.9 Å². The second-order valence-electron chi connectivity index (χ2n) is 6.87. The second kappa shape index (κ2) is 6.31. The number of rotatable bonds is 4. The van der Waals surface area contributed by atoms with E-state index in [4.69, 9.17) is 13.7 Å². The normalized spacial score (nSPS) is 30.5. The zero-order chi connectivity index (χ0) is 19.3. The van der Waals surface area contributed by atoms with Crippen LogP contribution in [-0.4, -0.2) is 51.7 Å². The molecule has 9 heteroatoms. The number of ether oxygens (including phenoxy) is 2. The molecule has 1 fully saturated rings. The number of Topliss-reactive ketones (excluding diaryl/α,β-unsaturated/α-hetero) is 1. The Hall–Kier alpha value is -2.00. The number of aromatic nitrogens is 1. The minimum absolute atomic E-state index is 0.0935. The molecule has 0 aromatic carbocycles. The summed E-state index contributed by atoms with van der Waals surface area (Å²) in [7, 11) is -1.07. The van der Waals surface area contributed by atoms with E-state index in [1.807, 2.05) is 0 Å². The molecule has 8 nitrogen and oxygen atoms in total. The maximum Gasteiger partial charge on any atom is 0.323 e. The van der Waals surface area contributed by atoms with Crippen molar-refractivity contribution < 1.29 is 31.7 Å². The van der Waals surface area contributed by atoms with E-state index in [1.165, 1.54) is 14.2 Å². The van der Waals surface area contributed by atoms with E-state index in [0.717, 1.165) is 6.26 Å². The van der Waals surface area contributed by atoms with Gasteiger partial charge in [0.25, 0.3) is 10.1 Å². The topological polar surface area (TPSA) is 109 Å². The predicted octanol–water partition coefficient (Wildman–Crippen LogP) is 0.627. The van der Waals surface area contributed by atoms with E-state index >= 15 is 0 Å². The number of carbonyl (C=O) groups excluding carboxylic acids is 2. The summed E-state index contributed by atoms with van der Waals surface area (Å²) in [4.78, 5) is 30.3. The summed E-state index contributed by atoms with van der Waals surface area (Å²) < 4.78 is 38.6. The number of carbonyl (C=O) groups is 2. The lowest BCUT2D eigenvalue weighted by molar-refractivity contribution is -0.160. The lowest BCUT2D eigenvalue weighted by Gasteiger charge is -2.47. The van der Waals surface area contributed by atoms with Gasteiger partial charge in [-0.15, -0.1) is 0 Å². The van der Waals surface area contributed by atoms with Crippen molar-refractivity contribution in [2.75, 3.05) is 20.5 Å². The van der Waals surface area contributed by atoms with Gasteiger partial charge in [-0.2, -0.15) is 8.42 Å². The Labute approximate surface area is 152 Å². The molecule has 2 bridgehead atoms. The van der Waals surface area contributed by atoms with Gasteiger partial charge < -0.3 is 9.47 Å². The number of esters is 1. The van der Waals surface area contributed by atoms with Crippen LogP contribution in [0.1, 0.15) is 24.6 Å². The smallest absolute Gasteiger partial charge is 0.323 e. The van der Waals surface area contributed by atoms with Crippen LogP contribution in [-0.2, 0) is 40.5 Å². The average Bonchev–Trinajstić information content (AvgIpc) is 2.58. The maximum atomic E-state index is 13.3. The number of fused-ring (bicyclic) bond motifs is 4. The van der Waals surface area contributed by atoms with E-state index in [2.05, 4.69) is 4.98 Å². The Bertz CT molecular complexity index is 866. The first-order chi connectivity index (χ1) is 12.1. The highest BCUT2D eigenvalue weighted by Crippen LogP contribution is 2.50. The van der Waals surface area contributed by atoms with Crippen LogP contribution in [0.4, 0.5) is 0 Å². The number of ketones is 1. The Balaban J connectivity index is 2.19. The highest BCUT2D eigenvalue weighted by atomic mass is 32.2. The van der Waals surface area contributed by atoms with Gasteiger partial charge in [0.2, 0.25) is 5.88 Å². The molecule has 142 valence electrons. The Kier molecular flexibility index (Phi) is 4.56. The molecular formula is C17H21NO7S. The van der Waals surface area contributed by atoms with Crippen molar-refractivity contribution in [3.8, 4) is 5.88 Å². The summed E-state index contributed by atoms with van der Waals surface area (Å²) in [5.74, 6) is -1.84. The van der Waals surface area contributed by atoms with E-state index < -0.39 is 33.5 Å². The number of pyridine rings is 1. The van der Waals surface area contributed by atoms with Crippen LogP contribution in [0, 0.1) is 11.8 Å². The molecule has 0 aliphatic heterocycles. The molecule has 2 unspecified atom stereocenters. The summed E-state index contributed by atoms with van der Waals surface area (Å²) in [5.41, 5.74) is -0.479. The quantitative estimate of drug-likeness (QED) is 0.423. The summed E-state index contributed by atoms with van der Waals surface area (Å²) >= 11 is 0. The van der Waals surface area contributed by atoms with Gasteiger partial charge in [-0.1, -0.05) is 13.0 Å². The largest absolute Gasteiger partial charge is 0.481 e. The van der Waals surface area contributed by atoms with Crippen molar-refractivity contribution in [3.63, 3.8) is 0 Å². The summed E-state index contributed by atoms with van der Waals surface area (Å²) in [6.45, 7) is 1.77. The molecule has 26 heavy (non-hydrogen) atoms. The molecular weight excluding hydrogens is 362 g/mol. The number of methoxy groups -OCH3 is 2. The van der Waals surface area contributed by atoms with E-state index in [-0.39, 0.29) is 24.5 Å². The molecule has 1 saturated carbocycles. The van der Waals surface area contributed by atoms with E-state index in [0.29, 0.717) is 17.1 Å². The number of hydrogen-bond acceptors (Lipinski definition) is 8. The standard InChI is InChI=1S/C17H21NO7S/c1-9-8-17(16(20)24-3)11-5-6-13(23-2)18-12(11)7-10(15(17)19)14(9)25-26(4,21)22/h5-6,9-10,14H,7-8H2,1-4H3/t9?,10-,14?,17+/m1/s1. The monoisotopic (exact) mass is 383 g/mol. The van der Waals surface area contributed by atoms with E-state index in [9.17, 15) is 18.0 Å². The first-order valence-electron chi connectivity index (χ1n) is 8.19. The van der Waals surface area contributed by atoms with Gasteiger partial charge in [0.15, 0.2) is 11.2 Å². The van der Waals surface area contributed by atoms with Gasteiger partial charge in [0.05, 0.1) is 38.2 Å². The third-order valence-corrected chi connectivity index (χ3v) is 5.77. The van der Waals surface area contributed by atoms with Gasteiger partial charge in [-0.25, -0.2) is 4.98 Å². The zero-order valence-electron chi connectivity index (χ0n) is 15.0. The van der Waals surface area contributed by atoms with Gasteiger partial charge in [-0.05, 0) is 17.9 Å². The summed E-state index contributed by atoms with van der Waals surface area (Å²) in [6.07, 6.45) is 0.367. The highest BCUT2D eigenvalue weighted by molar-refractivity contribution is 7.86. The zero-order valence-corrected chi connectivity index (χ0v) is 15.8. The molecule has 2 aliphatic carbocycles. The molecule has 4 atom stereocenters. The fourth-order valence-electron chi connectivity index (χ4n) is 4.19. The second-order valence-corrected chi connectivity index (χ2v) is 8.47. The molecule has 0 saturated heterocycles. The van der Waals surface area contributed by atoms with Gasteiger partial charge in [-0.3, -0.25) is 13.8 Å². The highest BCUT2D eigenvalue weighted by Gasteiger charge is 2.62. The lowest BCUT2D eigenvalue weighted by Crippen LogP contribution is -2.61. The molecule has 1 aromatic heterocycles. The van der Waals surface area contributed by atoms with Crippen molar-refractivity contribution in [3.05, 3.63) is 23.4 Å². The molecule has 2 aliphatic rings. The molecule has 0 spiro atoms. The first kappa shape index (κ1) is 18.8. The molecule has 1 aromatic rings. The maximum absolute atomic E-state index is 13.3. The molecule has 0 N–H and O–H groups in total. The fourth-order valence-corrected chi connectivity index (χ4v) is 4.92. The van der Waals surface area contributed by atoms with Crippen LogP contribution < -0.4 is 4.74 Å². The van der Waals surface area contributed by atoms with Crippen molar-refractivity contribution in [2.45, 2.75) is 31.3 Å². The van der Waals surface area contributed by atoms with E-state index in [1.54, 1.807) is 19.1 Å². The molecule has 0 amide bonds. The van der Waals surface area contributed by atoms with Crippen molar-refractivity contribution in [1.29, 1.82) is 0 Å². The third-order valence-electron chi connectivity index (χ3n) is 5.19. The third kappa shape index (κ3) is 2.79. The van der Waals surface area contributed by atoms with Crippen LogP contribution in [0.25, 0.3) is 0 Å². The van der Waals surface area contributed by atoms with Gasteiger partial charge in [0.1, 0.15) is 0 Å². The van der Waals surface area contributed by atoms with Crippen molar-refractivity contribution in [1.82, 2.24) is 4.98 Å². The van der Waals surface area contributed by atoms with Gasteiger partial charge >= 0.3 is 5.97 Å². The van der Waals surface area contributed by atoms with Crippen molar-refractivity contribution in [2.24, 2.45) is 11.8 Å². The fraction of sp³-hybridized carbons (Fsp3) is 0.588. The van der Waals surface area contributed by atoms with Crippen LogP contribution >= 0.6 is 0 Å².